The highest BCUT2D eigenvalue weighted by Gasteiger charge is 2.38. The second-order valence-electron chi connectivity index (χ2n) is 4.08. The Morgan fingerprint density at radius 2 is 2.40 bits per heavy atom. The van der Waals surface area contributed by atoms with Crippen LogP contribution in [0.1, 0.15) is 35.0 Å². The average Bonchev–Trinajstić information content (AvgIpc) is 2.75. The Balaban J connectivity index is 2.27. The van der Waals surface area contributed by atoms with Crippen molar-refractivity contribution in [3.05, 3.63) is 20.3 Å². The lowest BCUT2D eigenvalue weighted by Crippen LogP contribution is -2.33. The maximum absolute atomic E-state index is 12.2. The molecule has 0 radical (unpaired) electrons. The van der Waals surface area contributed by atoms with Crippen LogP contribution < -0.4 is 0 Å². The quantitative estimate of drug-likeness (QED) is 0.778. The number of ether oxygens (including phenoxy) is 1. The second kappa shape index (κ2) is 4.00. The Labute approximate surface area is 102 Å². The van der Waals surface area contributed by atoms with E-state index < -0.39 is 5.60 Å². The average molecular weight is 289 g/mol. The standard InChI is InChI=1S/C11H13BrO2S/c1-7-6-8(15-10(7)12)9(13)11(2)4-3-5-14-11/h6H,3-5H2,1-2H3. The van der Waals surface area contributed by atoms with Gasteiger partial charge in [0.2, 0.25) is 5.78 Å². The molecule has 1 unspecified atom stereocenters. The number of carbonyl (C=O) groups is 1. The Bertz CT molecular complexity index is 372. The lowest BCUT2D eigenvalue weighted by Gasteiger charge is -2.20. The van der Waals surface area contributed by atoms with Gasteiger partial charge in [-0.3, -0.25) is 4.79 Å². The summed E-state index contributed by atoms with van der Waals surface area (Å²) in [6, 6.07) is 1.93. The molecule has 82 valence electrons. The molecule has 0 N–H and O–H groups in total. The maximum atomic E-state index is 12.2. The Morgan fingerprint density at radius 1 is 1.67 bits per heavy atom. The minimum atomic E-state index is -0.587. The first-order valence-corrected chi connectivity index (χ1v) is 6.58. The van der Waals surface area contributed by atoms with Crippen molar-refractivity contribution < 1.29 is 9.53 Å². The van der Waals surface area contributed by atoms with Gasteiger partial charge in [-0.1, -0.05) is 0 Å². The molecule has 1 aliphatic rings. The summed E-state index contributed by atoms with van der Waals surface area (Å²) in [5, 5.41) is 0. The van der Waals surface area contributed by atoms with E-state index in [4.69, 9.17) is 4.74 Å². The summed E-state index contributed by atoms with van der Waals surface area (Å²) in [4.78, 5) is 13.0. The van der Waals surface area contributed by atoms with Crippen LogP contribution in [0.4, 0.5) is 0 Å². The van der Waals surface area contributed by atoms with Gasteiger partial charge in [-0.05, 0) is 54.2 Å². The number of thiophene rings is 1. The predicted molar refractivity (Wildman–Crippen MR) is 64.7 cm³/mol. The first kappa shape index (κ1) is 11.3. The van der Waals surface area contributed by atoms with Crippen LogP contribution in [-0.2, 0) is 4.74 Å². The Morgan fingerprint density at radius 3 is 2.87 bits per heavy atom. The zero-order chi connectivity index (χ0) is 11.1. The topological polar surface area (TPSA) is 26.3 Å². The van der Waals surface area contributed by atoms with Crippen LogP contribution in [0.5, 0.6) is 0 Å². The molecule has 1 aliphatic heterocycles. The molecule has 1 saturated heterocycles. The number of ketones is 1. The molecule has 0 aliphatic carbocycles. The van der Waals surface area contributed by atoms with E-state index in [0.29, 0.717) is 6.61 Å². The molecular weight excluding hydrogens is 276 g/mol. The van der Waals surface area contributed by atoms with Gasteiger partial charge in [0.1, 0.15) is 5.60 Å². The molecule has 2 heterocycles. The summed E-state index contributed by atoms with van der Waals surface area (Å²) in [7, 11) is 0. The van der Waals surface area contributed by atoms with E-state index >= 15 is 0 Å². The van der Waals surface area contributed by atoms with Gasteiger partial charge in [-0.2, -0.15) is 0 Å². The zero-order valence-corrected chi connectivity index (χ0v) is 11.2. The van der Waals surface area contributed by atoms with Crippen molar-refractivity contribution in [2.24, 2.45) is 0 Å². The van der Waals surface area contributed by atoms with Gasteiger partial charge in [0.25, 0.3) is 0 Å². The molecule has 1 fully saturated rings. The van der Waals surface area contributed by atoms with E-state index in [1.54, 1.807) is 0 Å². The normalized spacial score (nSPS) is 25.8. The summed E-state index contributed by atoms with van der Waals surface area (Å²) < 4.78 is 6.58. The third-order valence-corrected chi connectivity index (χ3v) is 4.92. The lowest BCUT2D eigenvalue weighted by atomic mass is 9.96. The minimum Gasteiger partial charge on any atom is -0.367 e. The van der Waals surface area contributed by atoms with Crippen LogP contribution in [0, 0.1) is 6.92 Å². The highest BCUT2D eigenvalue weighted by Crippen LogP contribution is 2.34. The van der Waals surface area contributed by atoms with E-state index in [2.05, 4.69) is 15.9 Å². The fourth-order valence-electron chi connectivity index (χ4n) is 1.79. The third-order valence-electron chi connectivity index (χ3n) is 2.78. The number of Topliss-reactive ketones (excluding diaryl/α,β-unsaturated/α-hetero) is 1. The molecule has 0 saturated carbocycles. The van der Waals surface area contributed by atoms with E-state index in [-0.39, 0.29) is 5.78 Å². The van der Waals surface area contributed by atoms with Gasteiger partial charge in [0.05, 0.1) is 8.66 Å². The maximum Gasteiger partial charge on any atom is 0.204 e. The van der Waals surface area contributed by atoms with Gasteiger partial charge in [0.15, 0.2) is 0 Å². The zero-order valence-electron chi connectivity index (χ0n) is 8.80. The molecule has 1 aromatic rings. The van der Waals surface area contributed by atoms with Gasteiger partial charge in [-0.15, -0.1) is 11.3 Å². The van der Waals surface area contributed by atoms with Gasteiger partial charge >= 0.3 is 0 Å². The monoisotopic (exact) mass is 288 g/mol. The third kappa shape index (κ3) is 2.03. The van der Waals surface area contributed by atoms with E-state index in [1.165, 1.54) is 11.3 Å². The lowest BCUT2D eigenvalue weighted by molar-refractivity contribution is 0.0217. The number of halogens is 1. The summed E-state index contributed by atoms with van der Waals surface area (Å²) in [5.41, 5.74) is 0.529. The van der Waals surface area contributed by atoms with Crippen molar-refractivity contribution >= 4 is 33.0 Å². The van der Waals surface area contributed by atoms with Crippen LogP contribution in [0.25, 0.3) is 0 Å². The number of aryl methyl sites for hydroxylation is 1. The van der Waals surface area contributed by atoms with Crippen molar-refractivity contribution in [2.45, 2.75) is 32.3 Å². The van der Waals surface area contributed by atoms with Gasteiger partial charge < -0.3 is 4.74 Å². The van der Waals surface area contributed by atoms with Crippen molar-refractivity contribution in [3.8, 4) is 0 Å². The summed E-state index contributed by atoms with van der Waals surface area (Å²) in [6.45, 7) is 4.59. The SMILES string of the molecule is Cc1cc(C(=O)C2(C)CCCO2)sc1Br. The summed E-state index contributed by atoms with van der Waals surface area (Å²) in [5.74, 6) is 0.124. The van der Waals surface area contributed by atoms with Crippen molar-refractivity contribution in [1.29, 1.82) is 0 Å². The summed E-state index contributed by atoms with van der Waals surface area (Å²) in [6.07, 6.45) is 1.81. The molecule has 2 rings (SSSR count). The molecule has 2 nitrogen and oxygen atoms in total. The molecule has 0 aromatic carbocycles. The highest BCUT2D eigenvalue weighted by molar-refractivity contribution is 9.11. The molecule has 4 heteroatoms. The fourth-order valence-corrected chi connectivity index (χ4v) is 3.39. The Hall–Kier alpha value is -0.190. The number of hydrogen-bond acceptors (Lipinski definition) is 3. The first-order chi connectivity index (χ1) is 7.03. The number of carbonyl (C=O) groups excluding carboxylic acids is 1. The Kier molecular flexibility index (Phi) is 3.01. The molecule has 15 heavy (non-hydrogen) atoms. The van der Waals surface area contributed by atoms with Gasteiger partial charge in [-0.25, -0.2) is 0 Å². The van der Waals surface area contributed by atoms with Crippen LogP contribution in [-0.4, -0.2) is 18.0 Å². The summed E-state index contributed by atoms with van der Waals surface area (Å²) >= 11 is 4.93. The molecule has 0 amide bonds. The van der Waals surface area contributed by atoms with Crippen LogP contribution in [0.2, 0.25) is 0 Å². The van der Waals surface area contributed by atoms with Gasteiger partial charge in [0, 0.05) is 6.61 Å². The number of rotatable bonds is 2. The molecule has 1 atom stereocenters. The molecule has 1 aromatic heterocycles. The number of hydrogen-bond donors (Lipinski definition) is 0. The first-order valence-electron chi connectivity index (χ1n) is 4.98. The van der Waals surface area contributed by atoms with Crippen LogP contribution in [0.15, 0.2) is 9.85 Å². The fraction of sp³-hybridized carbons (Fsp3) is 0.545. The van der Waals surface area contributed by atoms with E-state index in [1.807, 2.05) is 19.9 Å². The molecule has 0 spiro atoms. The van der Waals surface area contributed by atoms with Crippen molar-refractivity contribution in [1.82, 2.24) is 0 Å². The van der Waals surface area contributed by atoms with Crippen molar-refractivity contribution in [3.63, 3.8) is 0 Å². The molecule has 0 bridgehead atoms. The van der Waals surface area contributed by atoms with E-state index in [0.717, 1.165) is 27.1 Å². The smallest absolute Gasteiger partial charge is 0.204 e. The van der Waals surface area contributed by atoms with Crippen LogP contribution in [0.3, 0.4) is 0 Å². The van der Waals surface area contributed by atoms with Crippen molar-refractivity contribution in [2.75, 3.05) is 6.61 Å². The highest BCUT2D eigenvalue weighted by atomic mass is 79.9. The predicted octanol–water partition coefficient (Wildman–Crippen LogP) is 3.57. The molecular formula is C11H13BrO2S. The largest absolute Gasteiger partial charge is 0.367 e. The van der Waals surface area contributed by atoms with Crippen LogP contribution >= 0.6 is 27.3 Å². The second-order valence-corrected chi connectivity index (χ2v) is 6.45. The minimum absolute atomic E-state index is 0.124. The van der Waals surface area contributed by atoms with E-state index in [9.17, 15) is 4.79 Å².